The highest BCUT2D eigenvalue weighted by atomic mass is 32.2. The predicted molar refractivity (Wildman–Crippen MR) is 83.2 cm³/mol. The zero-order chi connectivity index (χ0) is 16.7. The Bertz CT molecular complexity index is 718. The number of carbonyl (C=O) groups is 1. The molecule has 0 unspecified atom stereocenters. The summed E-state index contributed by atoms with van der Waals surface area (Å²) in [5.74, 6) is 0.310. The summed E-state index contributed by atoms with van der Waals surface area (Å²) in [5.41, 5.74) is 0.0170. The fraction of sp³-hybridized carbons (Fsp3) is 0.267. The molecule has 1 aromatic heterocycles. The Morgan fingerprint density at radius 3 is 2.78 bits per heavy atom. The lowest BCUT2D eigenvalue weighted by Gasteiger charge is -2.06. The Morgan fingerprint density at radius 1 is 1.35 bits per heavy atom. The van der Waals surface area contributed by atoms with E-state index in [1.54, 1.807) is 0 Å². The molecular weight excluding hydrogens is 323 g/mol. The highest BCUT2D eigenvalue weighted by Gasteiger charge is 2.07. The monoisotopic (exact) mass is 338 g/mol. The third-order valence-corrected chi connectivity index (χ3v) is 3.57. The highest BCUT2D eigenvalue weighted by molar-refractivity contribution is 7.99. The van der Waals surface area contributed by atoms with Crippen molar-refractivity contribution in [2.45, 2.75) is 11.6 Å². The van der Waals surface area contributed by atoms with Crippen LogP contribution < -0.4 is 10.3 Å². The smallest absolute Gasteiger partial charge is 0.311 e. The number of halogens is 1. The van der Waals surface area contributed by atoms with Crippen molar-refractivity contribution in [3.8, 4) is 5.75 Å². The van der Waals surface area contributed by atoms with Crippen LogP contribution in [0.25, 0.3) is 0 Å². The number of nitrogens with zero attached hydrogens (tertiary/aromatic N) is 1. The number of carbonyl (C=O) groups excluding carboxylic acids is 1. The Hall–Kier alpha value is -2.35. The SMILES string of the molecule is COC(=O)Cc1cc(=O)[nH]c(SCCOc2ccc(F)cc2)n1. The number of hydrogen-bond donors (Lipinski definition) is 1. The second kappa shape index (κ2) is 8.33. The largest absolute Gasteiger partial charge is 0.493 e. The van der Waals surface area contributed by atoms with Crippen molar-refractivity contribution in [1.29, 1.82) is 0 Å². The summed E-state index contributed by atoms with van der Waals surface area (Å²) in [7, 11) is 1.28. The first-order chi connectivity index (χ1) is 11.1. The molecule has 0 amide bonds. The average molecular weight is 338 g/mol. The second-order valence-corrected chi connectivity index (χ2v) is 5.53. The van der Waals surface area contributed by atoms with Gasteiger partial charge in [-0.1, -0.05) is 11.8 Å². The number of H-pyrrole nitrogens is 1. The van der Waals surface area contributed by atoms with Crippen molar-refractivity contribution < 1.29 is 18.7 Å². The molecule has 0 spiro atoms. The fourth-order valence-electron chi connectivity index (χ4n) is 1.69. The number of esters is 1. The van der Waals surface area contributed by atoms with Crippen molar-refractivity contribution >= 4 is 17.7 Å². The maximum atomic E-state index is 12.8. The average Bonchev–Trinajstić information content (AvgIpc) is 2.52. The lowest BCUT2D eigenvalue weighted by molar-refractivity contribution is -0.139. The number of hydrogen-bond acceptors (Lipinski definition) is 6. The second-order valence-electron chi connectivity index (χ2n) is 4.45. The minimum atomic E-state index is -0.460. The van der Waals surface area contributed by atoms with E-state index in [0.717, 1.165) is 0 Å². The summed E-state index contributed by atoms with van der Waals surface area (Å²) in [4.78, 5) is 29.5. The number of rotatable bonds is 7. The number of thioether (sulfide) groups is 1. The number of aromatic amines is 1. The van der Waals surface area contributed by atoms with Crippen molar-refractivity contribution in [2.24, 2.45) is 0 Å². The van der Waals surface area contributed by atoms with Gasteiger partial charge < -0.3 is 14.5 Å². The molecule has 6 nitrogen and oxygen atoms in total. The Morgan fingerprint density at radius 2 is 2.09 bits per heavy atom. The quantitative estimate of drug-likeness (QED) is 0.359. The number of benzene rings is 1. The van der Waals surface area contributed by atoms with Gasteiger partial charge in [-0.25, -0.2) is 9.37 Å². The molecule has 0 atom stereocenters. The van der Waals surface area contributed by atoms with E-state index >= 15 is 0 Å². The molecule has 0 saturated heterocycles. The van der Waals surface area contributed by atoms with E-state index in [1.807, 2.05) is 0 Å². The zero-order valence-electron chi connectivity index (χ0n) is 12.4. The van der Waals surface area contributed by atoms with Crippen LogP contribution in [0.3, 0.4) is 0 Å². The van der Waals surface area contributed by atoms with Crippen LogP contribution in [0.15, 0.2) is 40.3 Å². The minimum Gasteiger partial charge on any atom is -0.493 e. The van der Waals surface area contributed by atoms with Gasteiger partial charge in [-0.05, 0) is 24.3 Å². The van der Waals surface area contributed by atoms with E-state index in [-0.39, 0.29) is 17.8 Å². The van der Waals surface area contributed by atoms with Crippen LogP contribution in [0.4, 0.5) is 4.39 Å². The van der Waals surface area contributed by atoms with Gasteiger partial charge in [0.2, 0.25) is 0 Å². The molecule has 0 aliphatic carbocycles. The number of ether oxygens (including phenoxy) is 2. The lowest BCUT2D eigenvalue weighted by Crippen LogP contribution is -2.14. The lowest BCUT2D eigenvalue weighted by atomic mass is 10.3. The van der Waals surface area contributed by atoms with Crippen LogP contribution >= 0.6 is 11.8 Å². The molecule has 8 heteroatoms. The molecule has 0 fully saturated rings. The molecule has 1 aromatic carbocycles. The maximum absolute atomic E-state index is 12.8. The van der Waals surface area contributed by atoms with E-state index < -0.39 is 5.97 Å². The fourth-order valence-corrected chi connectivity index (χ4v) is 2.41. The third kappa shape index (κ3) is 5.74. The van der Waals surface area contributed by atoms with Gasteiger partial charge >= 0.3 is 5.97 Å². The van der Waals surface area contributed by atoms with Gasteiger partial charge in [0, 0.05) is 11.8 Å². The Labute approximate surface area is 136 Å². The summed E-state index contributed by atoms with van der Waals surface area (Å²) >= 11 is 1.29. The van der Waals surface area contributed by atoms with E-state index in [1.165, 1.54) is 49.2 Å². The van der Waals surface area contributed by atoms with Gasteiger partial charge in [0.05, 0.1) is 25.8 Å². The van der Waals surface area contributed by atoms with Crippen LogP contribution in [0, 0.1) is 5.82 Å². The molecule has 1 heterocycles. The number of aromatic nitrogens is 2. The van der Waals surface area contributed by atoms with E-state index in [9.17, 15) is 14.0 Å². The summed E-state index contributed by atoms with van der Waals surface area (Å²) in [6.45, 7) is 0.362. The molecule has 23 heavy (non-hydrogen) atoms. The number of methoxy groups -OCH3 is 1. The Kier molecular flexibility index (Phi) is 6.16. The van der Waals surface area contributed by atoms with E-state index in [2.05, 4.69) is 14.7 Å². The first kappa shape index (κ1) is 17.0. The molecule has 0 saturated carbocycles. The summed E-state index contributed by atoms with van der Waals surface area (Å²) in [6.07, 6.45) is -0.0555. The summed E-state index contributed by atoms with van der Waals surface area (Å²) < 4.78 is 22.7. The summed E-state index contributed by atoms with van der Waals surface area (Å²) in [5, 5.41) is 0.402. The van der Waals surface area contributed by atoms with Gasteiger partial charge in [0.1, 0.15) is 11.6 Å². The molecular formula is C15H15FN2O4S. The van der Waals surface area contributed by atoms with Crippen LogP contribution in [-0.2, 0) is 16.0 Å². The molecule has 0 aliphatic heterocycles. The topological polar surface area (TPSA) is 81.3 Å². The van der Waals surface area contributed by atoms with Crippen molar-refractivity contribution in [3.63, 3.8) is 0 Å². The van der Waals surface area contributed by atoms with Gasteiger partial charge in [0.15, 0.2) is 5.16 Å². The minimum absolute atomic E-state index is 0.0555. The summed E-state index contributed by atoms with van der Waals surface area (Å²) in [6, 6.07) is 6.97. The molecule has 2 aromatic rings. The van der Waals surface area contributed by atoms with Crippen molar-refractivity contribution in [3.05, 3.63) is 52.2 Å². The molecule has 122 valence electrons. The molecule has 0 bridgehead atoms. The molecule has 1 N–H and O–H groups in total. The predicted octanol–water partition coefficient (Wildman–Crippen LogP) is 1.80. The first-order valence-corrected chi connectivity index (χ1v) is 7.73. The normalized spacial score (nSPS) is 10.3. The maximum Gasteiger partial charge on any atom is 0.311 e. The van der Waals surface area contributed by atoms with Crippen LogP contribution in [0.2, 0.25) is 0 Å². The third-order valence-electron chi connectivity index (χ3n) is 2.73. The van der Waals surface area contributed by atoms with Gasteiger partial charge in [0.25, 0.3) is 5.56 Å². The van der Waals surface area contributed by atoms with Crippen LogP contribution in [-0.4, -0.2) is 35.4 Å². The molecule has 2 rings (SSSR count). The first-order valence-electron chi connectivity index (χ1n) is 6.75. The van der Waals surface area contributed by atoms with Gasteiger partial charge in [-0.3, -0.25) is 9.59 Å². The van der Waals surface area contributed by atoms with Crippen LogP contribution in [0.1, 0.15) is 5.69 Å². The zero-order valence-corrected chi connectivity index (χ0v) is 13.2. The molecule has 0 radical (unpaired) electrons. The standard InChI is InChI=1S/C15H15FN2O4S/c1-21-14(20)9-11-8-13(19)18-15(17-11)23-7-6-22-12-4-2-10(16)3-5-12/h2-5,8H,6-7,9H2,1H3,(H,17,18,19). The van der Waals surface area contributed by atoms with Crippen molar-refractivity contribution in [2.75, 3.05) is 19.5 Å². The Balaban J connectivity index is 1.86. The van der Waals surface area contributed by atoms with Crippen LogP contribution in [0.5, 0.6) is 5.75 Å². The van der Waals surface area contributed by atoms with Gasteiger partial charge in [-0.2, -0.15) is 0 Å². The van der Waals surface area contributed by atoms with Crippen molar-refractivity contribution in [1.82, 2.24) is 9.97 Å². The van der Waals surface area contributed by atoms with E-state index in [0.29, 0.717) is 29.0 Å². The molecule has 0 aliphatic rings. The highest BCUT2D eigenvalue weighted by Crippen LogP contribution is 2.14. The van der Waals surface area contributed by atoms with Gasteiger partial charge in [-0.15, -0.1) is 0 Å². The van der Waals surface area contributed by atoms with E-state index in [4.69, 9.17) is 4.74 Å². The number of nitrogens with one attached hydrogen (secondary N) is 1.